The van der Waals surface area contributed by atoms with Crippen molar-refractivity contribution >= 4 is 72.9 Å². The maximum absolute atomic E-state index is 13.3. The Morgan fingerprint density at radius 3 is 1.97 bits per heavy atom. The molecule has 0 spiro atoms. The standard InChI is InChI=1S/C14H11F6I2NO6S/c1-5-3-7(21)10(23-6(2)24)9(22)8(5)11(25)29-12(13(15,16)17,14(18,19)20)4-30(26,27)28/h3H,4H2,1-2H3,(H,23,24)(H,26,27,28)/p-1. The van der Waals surface area contributed by atoms with Crippen LogP contribution < -0.4 is 5.32 Å². The van der Waals surface area contributed by atoms with Crippen LogP contribution in [0.2, 0.25) is 0 Å². The summed E-state index contributed by atoms with van der Waals surface area (Å²) in [6.45, 7) is 2.24. The minimum atomic E-state index is -6.48. The van der Waals surface area contributed by atoms with Gasteiger partial charge in [0.15, 0.2) is 0 Å². The van der Waals surface area contributed by atoms with Crippen LogP contribution >= 0.6 is 45.2 Å². The summed E-state index contributed by atoms with van der Waals surface area (Å²) in [7, 11) is -6.15. The lowest BCUT2D eigenvalue weighted by Crippen LogP contribution is -2.63. The highest BCUT2D eigenvalue weighted by atomic mass is 127. The van der Waals surface area contributed by atoms with Gasteiger partial charge in [-0.3, -0.25) is 4.79 Å². The smallest absolute Gasteiger partial charge is 0.438 e. The van der Waals surface area contributed by atoms with Crippen molar-refractivity contribution in [1.29, 1.82) is 0 Å². The van der Waals surface area contributed by atoms with Crippen LogP contribution in [-0.2, 0) is 19.6 Å². The second-order valence-electron chi connectivity index (χ2n) is 5.83. The summed E-state index contributed by atoms with van der Waals surface area (Å²) < 4.78 is 116. The highest BCUT2D eigenvalue weighted by molar-refractivity contribution is 14.1. The summed E-state index contributed by atoms with van der Waals surface area (Å²) in [5.41, 5.74) is -6.57. The molecule has 30 heavy (non-hydrogen) atoms. The number of hydrogen-bond donors (Lipinski definition) is 1. The topological polar surface area (TPSA) is 113 Å². The molecule has 1 N–H and O–H groups in total. The number of ether oxygens (including phenoxy) is 1. The number of benzene rings is 1. The van der Waals surface area contributed by atoms with Gasteiger partial charge in [-0.15, -0.1) is 0 Å². The molecule has 0 heterocycles. The van der Waals surface area contributed by atoms with Crippen molar-refractivity contribution in [2.45, 2.75) is 31.8 Å². The molecule has 0 aromatic heterocycles. The van der Waals surface area contributed by atoms with Crippen molar-refractivity contribution < 1.29 is 53.6 Å². The van der Waals surface area contributed by atoms with Gasteiger partial charge in [0.25, 0.3) is 0 Å². The van der Waals surface area contributed by atoms with E-state index in [1.165, 1.54) is 35.6 Å². The fraction of sp³-hybridized carbons (Fsp3) is 0.429. The number of nitrogens with one attached hydrogen (secondary N) is 1. The average molecular weight is 688 g/mol. The molecule has 0 aliphatic rings. The van der Waals surface area contributed by atoms with E-state index in [-0.39, 0.29) is 14.8 Å². The van der Waals surface area contributed by atoms with E-state index < -0.39 is 51.3 Å². The Kier molecular flexibility index (Phi) is 8.08. The minimum absolute atomic E-state index is 0.0812. The van der Waals surface area contributed by atoms with Crippen molar-refractivity contribution in [1.82, 2.24) is 0 Å². The van der Waals surface area contributed by atoms with Crippen molar-refractivity contribution in [3.05, 3.63) is 24.3 Å². The van der Waals surface area contributed by atoms with E-state index in [1.54, 1.807) is 22.6 Å². The Balaban J connectivity index is 3.71. The number of anilines is 1. The molecule has 0 saturated carbocycles. The summed E-state index contributed by atoms with van der Waals surface area (Å²) in [5, 5.41) is 2.27. The van der Waals surface area contributed by atoms with Crippen LogP contribution in [0.15, 0.2) is 6.07 Å². The molecule has 0 atom stereocenters. The van der Waals surface area contributed by atoms with Crippen molar-refractivity contribution in [3.63, 3.8) is 0 Å². The molecule has 16 heteroatoms. The third-order valence-corrected chi connectivity index (χ3v) is 6.17. The van der Waals surface area contributed by atoms with Gasteiger partial charge in [0.05, 0.1) is 30.7 Å². The molecule has 0 saturated heterocycles. The average Bonchev–Trinajstić information content (AvgIpc) is 2.46. The van der Waals surface area contributed by atoms with Gasteiger partial charge in [0.1, 0.15) is 0 Å². The van der Waals surface area contributed by atoms with E-state index in [9.17, 15) is 48.9 Å². The van der Waals surface area contributed by atoms with E-state index in [0.717, 1.165) is 6.92 Å². The Bertz CT molecular complexity index is 963. The molecule has 0 fully saturated rings. The third-order valence-electron chi connectivity index (χ3n) is 3.48. The Labute approximate surface area is 192 Å². The molecule has 1 aromatic carbocycles. The van der Waals surface area contributed by atoms with Gasteiger partial charge in [-0.2, -0.15) is 26.3 Å². The molecule has 1 aromatic rings. The summed E-state index contributed by atoms with van der Waals surface area (Å²) >= 11 is 3.10. The van der Waals surface area contributed by atoms with Gasteiger partial charge in [0.2, 0.25) is 5.91 Å². The maximum atomic E-state index is 13.3. The highest BCUT2D eigenvalue weighted by Gasteiger charge is 2.75. The van der Waals surface area contributed by atoms with Crippen LogP contribution in [0.4, 0.5) is 32.0 Å². The SMILES string of the molecule is CC(=O)Nc1c(I)cc(C)c(C(=O)OC(CS(=O)(=O)[O-])(C(F)(F)F)C(F)(F)F)c1I. The maximum Gasteiger partial charge on any atom is 0.438 e. The lowest BCUT2D eigenvalue weighted by Gasteiger charge is -2.37. The number of carbonyl (C=O) groups is 2. The summed E-state index contributed by atoms with van der Waals surface area (Å²) in [6, 6.07) is 1.18. The van der Waals surface area contributed by atoms with Crippen LogP contribution in [0.3, 0.4) is 0 Å². The molecule has 1 rings (SSSR count). The van der Waals surface area contributed by atoms with Gasteiger partial charge < -0.3 is 14.6 Å². The number of aryl methyl sites for hydroxylation is 1. The predicted octanol–water partition coefficient (Wildman–Crippen LogP) is 3.73. The molecular weight excluding hydrogens is 678 g/mol. The second kappa shape index (κ2) is 8.93. The molecule has 0 aliphatic heterocycles. The van der Waals surface area contributed by atoms with Crippen molar-refractivity contribution in [3.8, 4) is 0 Å². The zero-order valence-electron chi connectivity index (χ0n) is 14.7. The number of esters is 1. The number of hydrogen-bond acceptors (Lipinski definition) is 6. The second-order valence-corrected chi connectivity index (χ2v) is 9.48. The summed E-state index contributed by atoms with van der Waals surface area (Å²) in [4.78, 5) is 23.7. The lowest BCUT2D eigenvalue weighted by molar-refractivity contribution is -0.356. The number of alkyl halides is 6. The molecule has 1 amide bonds. The fourth-order valence-electron chi connectivity index (χ4n) is 2.21. The van der Waals surface area contributed by atoms with Gasteiger partial charge in [0, 0.05) is 10.5 Å². The normalized spacial score (nSPS) is 13.2. The van der Waals surface area contributed by atoms with Crippen molar-refractivity contribution in [2.75, 3.05) is 11.1 Å². The van der Waals surface area contributed by atoms with Crippen molar-refractivity contribution in [2.24, 2.45) is 0 Å². The Morgan fingerprint density at radius 2 is 1.60 bits per heavy atom. The first kappa shape index (κ1) is 27.1. The number of amides is 1. The number of rotatable bonds is 5. The van der Waals surface area contributed by atoms with E-state index in [2.05, 4.69) is 10.1 Å². The van der Waals surface area contributed by atoms with Crippen LogP contribution in [0.25, 0.3) is 0 Å². The molecule has 0 unspecified atom stereocenters. The van der Waals surface area contributed by atoms with Crippen LogP contribution in [0.5, 0.6) is 0 Å². The first-order valence-corrected chi connectivity index (χ1v) is 11.0. The Hall–Kier alpha value is -0.890. The Morgan fingerprint density at radius 1 is 1.13 bits per heavy atom. The third kappa shape index (κ3) is 5.87. The van der Waals surface area contributed by atoms with Gasteiger partial charge in [-0.05, 0) is 63.7 Å². The minimum Gasteiger partial charge on any atom is -0.748 e. The number of carbonyl (C=O) groups excluding carboxylic acids is 2. The predicted molar refractivity (Wildman–Crippen MR) is 106 cm³/mol. The summed E-state index contributed by atoms with van der Waals surface area (Å²) in [6.07, 6.45) is -13.0. The first-order chi connectivity index (χ1) is 13.2. The molecule has 7 nitrogen and oxygen atoms in total. The van der Waals surface area contributed by atoms with Crippen LogP contribution in [0.1, 0.15) is 22.8 Å². The van der Waals surface area contributed by atoms with E-state index in [4.69, 9.17) is 0 Å². The quantitative estimate of drug-likeness (QED) is 0.219. The van der Waals surface area contributed by atoms with Gasteiger partial charge in [-0.25, -0.2) is 13.2 Å². The van der Waals surface area contributed by atoms with E-state index in [0.29, 0.717) is 3.57 Å². The number of halogens is 8. The van der Waals surface area contributed by atoms with Crippen LogP contribution in [0, 0.1) is 14.1 Å². The fourth-order valence-corrected chi connectivity index (χ4v) is 5.55. The first-order valence-electron chi connectivity index (χ1n) is 7.30. The molecular formula is C14H10F6I2NO6S-. The van der Waals surface area contributed by atoms with E-state index in [1.807, 2.05) is 0 Å². The van der Waals surface area contributed by atoms with Gasteiger partial charge in [-0.1, -0.05) is 0 Å². The monoisotopic (exact) mass is 688 g/mol. The molecule has 170 valence electrons. The molecule has 0 aliphatic carbocycles. The largest absolute Gasteiger partial charge is 0.748 e. The molecule has 0 bridgehead atoms. The van der Waals surface area contributed by atoms with Gasteiger partial charge >= 0.3 is 23.9 Å². The zero-order chi connectivity index (χ0) is 23.9. The van der Waals surface area contributed by atoms with E-state index >= 15 is 0 Å². The lowest BCUT2D eigenvalue weighted by atomic mass is 10.0. The highest BCUT2D eigenvalue weighted by Crippen LogP contribution is 2.47. The summed E-state index contributed by atoms with van der Waals surface area (Å²) in [5.74, 6) is -5.93. The molecule has 0 radical (unpaired) electrons. The van der Waals surface area contributed by atoms with Crippen LogP contribution in [-0.4, -0.2) is 48.6 Å². The zero-order valence-corrected chi connectivity index (χ0v) is 19.8.